The molecule has 0 aliphatic carbocycles. The molecule has 0 aliphatic rings. The Kier molecular flexibility index (Phi) is 5.35. The maximum atomic E-state index is 10.7. The zero-order chi connectivity index (χ0) is 12.7. The number of rotatable bonds is 7. The van der Waals surface area contributed by atoms with Gasteiger partial charge in [0.25, 0.3) is 5.88 Å². The molecule has 1 aromatic heterocycles. The predicted octanol–water partition coefficient (Wildman–Crippen LogP) is 1.76. The molecule has 6 nitrogen and oxygen atoms in total. The van der Waals surface area contributed by atoms with E-state index in [1.165, 1.54) is 18.3 Å². The first kappa shape index (κ1) is 13.4. The molecule has 94 valence electrons. The Labute approximate surface area is 100 Å². The van der Waals surface area contributed by atoms with E-state index in [0.29, 0.717) is 12.6 Å². The van der Waals surface area contributed by atoms with E-state index in [9.17, 15) is 10.1 Å². The molecule has 0 atom stereocenters. The van der Waals surface area contributed by atoms with E-state index in [4.69, 9.17) is 4.74 Å². The van der Waals surface area contributed by atoms with Crippen molar-refractivity contribution in [3.8, 4) is 5.88 Å². The van der Waals surface area contributed by atoms with Crippen LogP contribution in [0.15, 0.2) is 18.3 Å². The summed E-state index contributed by atoms with van der Waals surface area (Å²) < 4.78 is 5.29. The number of ether oxygens (including phenoxy) is 1. The van der Waals surface area contributed by atoms with Crippen molar-refractivity contribution in [2.45, 2.75) is 26.3 Å². The van der Waals surface area contributed by atoms with Crippen molar-refractivity contribution >= 4 is 5.69 Å². The molecule has 0 bridgehead atoms. The molecule has 0 fully saturated rings. The highest BCUT2D eigenvalue weighted by Crippen LogP contribution is 2.22. The molecule has 0 aliphatic heterocycles. The minimum Gasteiger partial charge on any atom is -0.473 e. The first-order valence-electron chi connectivity index (χ1n) is 5.57. The van der Waals surface area contributed by atoms with Crippen LogP contribution < -0.4 is 10.1 Å². The van der Waals surface area contributed by atoms with Gasteiger partial charge in [-0.05, 0) is 19.0 Å². The maximum Gasteiger partial charge on any atom is 0.330 e. The van der Waals surface area contributed by atoms with Crippen molar-refractivity contribution in [2.24, 2.45) is 0 Å². The van der Waals surface area contributed by atoms with Crippen LogP contribution in [-0.4, -0.2) is 29.1 Å². The second-order valence-corrected chi connectivity index (χ2v) is 3.90. The van der Waals surface area contributed by atoms with E-state index in [-0.39, 0.29) is 11.6 Å². The smallest absolute Gasteiger partial charge is 0.330 e. The summed E-state index contributed by atoms with van der Waals surface area (Å²) in [5, 5.41) is 13.9. The number of pyridine rings is 1. The Bertz CT molecular complexity index is 369. The van der Waals surface area contributed by atoms with Crippen LogP contribution in [0, 0.1) is 10.1 Å². The van der Waals surface area contributed by atoms with Gasteiger partial charge in [-0.3, -0.25) is 10.1 Å². The largest absolute Gasteiger partial charge is 0.473 e. The van der Waals surface area contributed by atoms with Crippen LogP contribution >= 0.6 is 0 Å². The number of hydrogen-bond donors (Lipinski definition) is 1. The molecule has 1 rings (SSSR count). The monoisotopic (exact) mass is 239 g/mol. The number of nitro groups is 1. The molecule has 17 heavy (non-hydrogen) atoms. The van der Waals surface area contributed by atoms with E-state index < -0.39 is 4.92 Å². The molecule has 0 unspecified atom stereocenters. The minimum absolute atomic E-state index is 0.0852. The molecule has 0 amide bonds. The van der Waals surface area contributed by atoms with E-state index in [1.54, 1.807) is 0 Å². The molecule has 6 heteroatoms. The summed E-state index contributed by atoms with van der Waals surface area (Å²) in [4.78, 5) is 14.0. The van der Waals surface area contributed by atoms with Gasteiger partial charge < -0.3 is 10.1 Å². The van der Waals surface area contributed by atoms with Crippen LogP contribution in [0.5, 0.6) is 5.88 Å². The molecule has 0 spiro atoms. The summed E-state index contributed by atoms with van der Waals surface area (Å²) >= 11 is 0. The van der Waals surface area contributed by atoms with Gasteiger partial charge in [0.1, 0.15) is 0 Å². The van der Waals surface area contributed by atoms with E-state index in [1.807, 2.05) is 0 Å². The number of nitrogens with zero attached hydrogens (tertiary/aromatic N) is 2. The van der Waals surface area contributed by atoms with Crippen molar-refractivity contribution in [1.82, 2.24) is 10.3 Å². The van der Waals surface area contributed by atoms with Crippen LogP contribution in [-0.2, 0) is 0 Å². The molecule has 0 saturated carbocycles. The third kappa shape index (κ3) is 4.78. The van der Waals surface area contributed by atoms with E-state index in [2.05, 4.69) is 24.1 Å². The van der Waals surface area contributed by atoms with Crippen LogP contribution in [0.4, 0.5) is 5.69 Å². The van der Waals surface area contributed by atoms with Crippen LogP contribution in [0.2, 0.25) is 0 Å². The highest BCUT2D eigenvalue weighted by atomic mass is 16.6. The second kappa shape index (κ2) is 6.80. The Morgan fingerprint density at radius 3 is 3.00 bits per heavy atom. The lowest BCUT2D eigenvalue weighted by Crippen LogP contribution is -2.24. The quantitative estimate of drug-likeness (QED) is 0.445. The van der Waals surface area contributed by atoms with Gasteiger partial charge >= 0.3 is 5.69 Å². The van der Waals surface area contributed by atoms with Gasteiger partial charge in [0.2, 0.25) is 0 Å². The van der Waals surface area contributed by atoms with Crippen molar-refractivity contribution in [2.75, 3.05) is 13.2 Å². The molecule has 1 heterocycles. The fourth-order valence-electron chi connectivity index (χ4n) is 1.26. The Hall–Kier alpha value is -1.69. The van der Waals surface area contributed by atoms with Gasteiger partial charge in [0, 0.05) is 18.3 Å². The minimum atomic E-state index is -0.491. The highest BCUT2D eigenvalue weighted by molar-refractivity contribution is 5.39. The fraction of sp³-hybridized carbons (Fsp3) is 0.545. The van der Waals surface area contributed by atoms with Gasteiger partial charge in [0.15, 0.2) is 0 Å². The number of aromatic nitrogens is 1. The molecule has 0 saturated heterocycles. The van der Waals surface area contributed by atoms with Crippen molar-refractivity contribution in [3.05, 3.63) is 28.4 Å². The molecule has 0 radical (unpaired) electrons. The lowest BCUT2D eigenvalue weighted by molar-refractivity contribution is -0.386. The van der Waals surface area contributed by atoms with Crippen molar-refractivity contribution < 1.29 is 9.66 Å². The number of nitrogens with one attached hydrogen (secondary N) is 1. The standard InChI is InChI=1S/C11H17N3O3/c1-9(2)12-7-4-8-17-11-10(14(15)16)5-3-6-13-11/h3,5-6,9,12H,4,7-8H2,1-2H3. The average molecular weight is 239 g/mol. The number of hydrogen-bond acceptors (Lipinski definition) is 5. The third-order valence-corrected chi connectivity index (χ3v) is 2.06. The lowest BCUT2D eigenvalue weighted by Gasteiger charge is -2.08. The first-order chi connectivity index (χ1) is 8.11. The molecule has 0 aromatic carbocycles. The van der Waals surface area contributed by atoms with Crippen molar-refractivity contribution in [3.63, 3.8) is 0 Å². The first-order valence-corrected chi connectivity index (χ1v) is 5.57. The molecule has 1 N–H and O–H groups in total. The van der Waals surface area contributed by atoms with E-state index in [0.717, 1.165) is 13.0 Å². The fourth-order valence-corrected chi connectivity index (χ4v) is 1.26. The SMILES string of the molecule is CC(C)NCCCOc1ncccc1[N+](=O)[O-]. The topological polar surface area (TPSA) is 77.3 Å². The van der Waals surface area contributed by atoms with Gasteiger partial charge in [0.05, 0.1) is 11.5 Å². The zero-order valence-corrected chi connectivity index (χ0v) is 10.0. The van der Waals surface area contributed by atoms with E-state index >= 15 is 0 Å². The summed E-state index contributed by atoms with van der Waals surface area (Å²) in [6.45, 7) is 5.35. The Morgan fingerprint density at radius 2 is 2.35 bits per heavy atom. The lowest BCUT2D eigenvalue weighted by atomic mass is 10.3. The van der Waals surface area contributed by atoms with Crippen LogP contribution in [0.25, 0.3) is 0 Å². The summed E-state index contributed by atoms with van der Waals surface area (Å²) in [5.74, 6) is 0.0852. The van der Waals surface area contributed by atoms with Gasteiger partial charge in [-0.15, -0.1) is 0 Å². The summed E-state index contributed by atoms with van der Waals surface area (Å²) in [6, 6.07) is 3.33. The predicted molar refractivity (Wildman–Crippen MR) is 64.1 cm³/mol. The van der Waals surface area contributed by atoms with Gasteiger partial charge in [-0.25, -0.2) is 4.98 Å². The normalized spacial score (nSPS) is 10.5. The van der Waals surface area contributed by atoms with Gasteiger partial charge in [-0.1, -0.05) is 13.8 Å². The summed E-state index contributed by atoms with van der Waals surface area (Å²) in [7, 11) is 0. The van der Waals surface area contributed by atoms with Crippen LogP contribution in [0.3, 0.4) is 0 Å². The van der Waals surface area contributed by atoms with Gasteiger partial charge in [-0.2, -0.15) is 0 Å². The Morgan fingerprint density at radius 1 is 1.59 bits per heavy atom. The average Bonchev–Trinajstić information content (AvgIpc) is 2.28. The van der Waals surface area contributed by atoms with Crippen LogP contribution in [0.1, 0.15) is 20.3 Å². The zero-order valence-electron chi connectivity index (χ0n) is 10.0. The maximum absolute atomic E-state index is 10.7. The third-order valence-electron chi connectivity index (χ3n) is 2.06. The summed E-state index contributed by atoms with van der Waals surface area (Å²) in [5.41, 5.74) is -0.0932. The second-order valence-electron chi connectivity index (χ2n) is 3.90. The summed E-state index contributed by atoms with van der Waals surface area (Å²) in [6.07, 6.45) is 2.26. The molecule has 1 aromatic rings. The molecular formula is C11H17N3O3. The molecular weight excluding hydrogens is 222 g/mol. The Balaban J connectivity index is 2.39. The highest BCUT2D eigenvalue weighted by Gasteiger charge is 2.14. The van der Waals surface area contributed by atoms with Crippen molar-refractivity contribution in [1.29, 1.82) is 0 Å².